The molecule has 8 nitrogen and oxygen atoms in total. The van der Waals surface area contributed by atoms with Crippen LogP contribution in [0.5, 0.6) is 0 Å². The molecule has 0 spiro atoms. The number of hydrogen-bond donors (Lipinski definition) is 2. The summed E-state index contributed by atoms with van der Waals surface area (Å²) in [5.74, 6) is 3.37. The van der Waals surface area contributed by atoms with Crippen LogP contribution in [-0.4, -0.2) is 79.7 Å². The average Bonchev–Trinajstić information content (AvgIpc) is 3.39. The van der Waals surface area contributed by atoms with E-state index >= 15 is 0 Å². The lowest BCUT2D eigenvalue weighted by Crippen LogP contribution is -2.69. The molecule has 0 aromatic rings. The number of ether oxygens (including phenoxy) is 1. The van der Waals surface area contributed by atoms with Gasteiger partial charge in [0.1, 0.15) is 6.10 Å². The van der Waals surface area contributed by atoms with Gasteiger partial charge in [0, 0.05) is 37.1 Å². The first kappa shape index (κ1) is 39.5. The largest absolute Gasteiger partial charge is 0.481 e. The van der Waals surface area contributed by atoms with Crippen molar-refractivity contribution < 1.29 is 27.9 Å². The van der Waals surface area contributed by atoms with Crippen molar-refractivity contribution >= 4 is 21.8 Å². The van der Waals surface area contributed by atoms with E-state index in [0.717, 1.165) is 31.8 Å². The van der Waals surface area contributed by atoms with Crippen LogP contribution in [0.2, 0.25) is 0 Å². The first-order chi connectivity index (χ1) is 23.6. The normalized spacial score (nSPS) is 43.4. The summed E-state index contributed by atoms with van der Waals surface area (Å²) in [6.45, 7) is 24.5. The van der Waals surface area contributed by atoms with Crippen LogP contribution in [0, 0.1) is 62.6 Å². The molecule has 10 atom stereocenters. The van der Waals surface area contributed by atoms with E-state index in [2.05, 4.69) is 58.7 Å². The summed E-state index contributed by atoms with van der Waals surface area (Å²) in [7, 11) is -2.86. The van der Waals surface area contributed by atoms with Crippen molar-refractivity contribution in [1.82, 2.24) is 10.2 Å². The van der Waals surface area contributed by atoms with Crippen LogP contribution in [0.25, 0.3) is 0 Å². The minimum absolute atomic E-state index is 0.0420. The highest BCUT2D eigenvalue weighted by Gasteiger charge is 2.71. The topological polar surface area (TPSA) is 113 Å². The Kier molecular flexibility index (Phi) is 10.5. The van der Waals surface area contributed by atoms with Gasteiger partial charge in [0.25, 0.3) is 0 Å². The Hall–Kier alpha value is -1.19. The molecule has 5 aliphatic carbocycles. The summed E-state index contributed by atoms with van der Waals surface area (Å²) in [6.07, 6.45) is 12.0. The number of aliphatic carboxylic acids is 1. The molecule has 51 heavy (non-hydrogen) atoms. The second kappa shape index (κ2) is 13.5. The highest BCUT2D eigenvalue weighted by molar-refractivity contribution is 7.91. The number of esters is 1. The Morgan fingerprint density at radius 3 is 2.20 bits per heavy atom. The van der Waals surface area contributed by atoms with Crippen LogP contribution in [0.4, 0.5) is 0 Å². The Bertz CT molecular complexity index is 1430. The van der Waals surface area contributed by atoms with E-state index < -0.39 is 21.2 Å². The number of carboxylic acid groups (broad SMARTS) is 1. The minimum Gasteiger partial charge on any atom is -0.481 e. The molecule has 0 aromatic carbocycles. The summed E-state index contributed by atoms with van der Waals surface area (Å²) in [6, 6.07) is 0. The van der Waals surface area contributed by atoms with Crippen molar-refractivity contribution in [2.24, 2.45) is 62.6 Å². The van der Waals surface area contributed by atoms with Crippen molar-refractivity contribution in [3.8, 4) is 0 Å². The second-order valence-electron chi connectivity index (χ2n) is 21.0. The molecule has 6 rings (SSSR count). The summed E-state index contributed by atoms with van der Waals surface area (Å²) < 4.78 is 30.4. The quantitative estimate of drug-likeness (QED) is 0.221. The molecule has 0 amide bonds. The number of carbonyl (C=O) groups is 2. The molecular formula is C42H72N2O6S. The molecule has 6 fully saturated rings. The summed E-state index contributed by atoms with van der Waals surface area (Å²) in [5, 5.41) is 13.6. The second-order valence-corrected chi connectivity index (χ2v) is 23.3. The lowest BCUT2D eigenvalue weighted by atomic mass is 9.32. The van der Waals surface area contributed by atoms with Gasteiger partial charge in [-0.2, -0.15) is 0 Å². The van der Waals surface area contributed by atoms with Crippen molar-refractivity contribution in [1.29, 1.82) is 0 Å². The van der Waals surface area contributed by atoms with Gasteiger partial charge in [-0.15, -0.1) is 0 Å². The molecule has 1 heterocycles. The van der Waals surface area contributed by atoms with Crippen molar-refractivity contribution in [3.05, 3.63) is 0 Å². The highest BCUT2D eigenvalue weighted by atomic mass is 32.2. The molecule has 0 bridgehead atoms. The smallest absolute Gasteiger partial charge is 0.306 e. The SMILES string of the molecule is CC(C)[C@@H]1CC[C@]2(NCCN3CCS(=O)(=O)CC3)CC[C@]3(C)[C@H](CCC4[C@@]5(C)CC[C@H](OC(=O)CC(C)(C)CC(=O)O)C(C)(C)[C@@H]5CC[C@]43C)[C@@H]12. The maximum absolute atomic E-state index is 13.2. The zero-order valence-electron chi connectivity index (χ0n) is 33.6. The first-order valence-corrected chi connectivity index (χ1v) is 22.5. The van der Waals surface area contributed by atoms with Gasteiger partial charge in [-0.25, -0.2) is 8.42 Å². The zero-order valence-corrected chi connectivity index (χ0v) is 34.4. The molecule has 1 aliphatic heterocycles. The number of fused-ring (bicyclic) bond motifs is 7. The molecular weight excluding hydrogens is 661 g/mol. The maximum atomic E-state index is 13.2. The number of carbonyl (C=O) groups excluding carboxylic acids is 1. The lowest BCUT2D eigenvalue weighted by Gasteiger charge is -2.73. The predicted molar refractivity (Wildman–Crippen MR) is 203 cm³/mol. The Balaban J connectivity index is 1.19. The van der Waals surface area contributed by atoms with Gasteiger partial charge in [-0.05, 0) is 121 Å². The van der Waals surface area contributed by atoms with Crippen molar-refractivity contribution in [2.75, 3.05) is 37.7 Å². The molecule has 0 aromatic heterocycles. The van der Waals surface area contributed by atoms with E-state index in [1.165, 1.54) is 51.4 Å². The third-order valence-corrected chi connectivity index (χ3v) is 18.8. The van der Waals surface area contributed by atoms with Gasteiger partial charge in [-0.3, -0.25) is 9.59 Å². The maximum Gasteiger partial charge on any atom is 0.306 e. The lowest BCUT2D eigenvalue weighted by molar-refractivity contribution is -0.247. The number of hydrogen-bond acceptors (Lipinski definition) is 7. The molecule has 0 radical (unpaired) electrons. The van der Waals surface area contributed by atoms with E-state index in [1.54, 1.807) is 0 Å². The summed E-state index contributed by atoms with van der Waals surface area (Å²) in [4.78, 5) is 27.0. The van der Waals surface area contributed by atoms with Crippen LogP contribution in [-0.2, 0) is 24.2 Å². The summed E-state index contributed by atoms with van der Waals surface area (Å²) >= 11 is 0. The monoisotopic (exact) mass is 733 g/mol. The van der Waals surface area contributed by atoms with Gasteiger partial charge in [-0.1, -0.05) is 62.3 Å². The van der Waals surface area contributed by atoms with E-state index in [4.69, 9.17) is 4.74 Å². The van der Waals surface area contributed by atoms with Crippen molar-refractivity contribution in [2.45, 2.75) is 151 Å². The van der Waals surface area contributed by atoms with Gasteiger partial charge in [0.05, 0.1) is 24.3 Å². The van der Waals surface area contributed by atoms with Crippen LogP contribution in [0.15, 0.2) is 0 Å². The zero-order chi connectivity index (χ0) is 37.4. The van der Waals surface area contributed by atoms with Gasteiger partial charge in [0.2, 0.25) is 0 Å². The van der Waals surface area contributed by atoms with E-state index in [0.29, 0.717) is 54.2 Å². The standard InChI is InChI=1S/C42H72N2O6S/c1-28(2)29-12-17-42(43-20-21-44-22-24-51(48,49)25-23-44)19-18-40(8)30(36(29)42)10-11-32-39(7)15-14-33(38(5,6)31(39)13-16-41(32,40)9)50-35(47)27-37(3,4)26-34(45)46/h28-33,36,43H,10-27H2,1-9H3,(H,45,46)/t29-,30+,31-,32?,33-,36+,39-,40+,41+,42-/m0/s1. The van der Waals surface area contributed by atoms with Crippen LogP contribution < -0.4 is 5.32 Å². The third-order valence-electron chi connectivity index (χ3n) is 17.1. The average molecular weight is 733 g/mol. The van der Waals surface area contributed by atoms with Crippen LogP contribution in [0.3, 0.4) is 0 Å². The first-order valence-electron chi connectivity index (χ1n) is 20.7. The summed E-state index contributed by atoms with van der Waals surface area (Å²) in [5.41, 5.74) is 0.151. The molecule has 9 heteroatoms. The molecule has 1 unspecified atom stereocenters. The predicted octanol–water partition coefficient (Wildman–Crippen LogP) is 7.60. The number of nitrogens with one attached hydrogen (secondary N) is 1. The number of sulfone groups is 1. The molecule has 2 N–H and O–H groups in total. The fraction of sp³-hybridized carbons (Fsp3) is 0.952. The Labute approximate surface area is 310 Å². The van der Waals surface area contributed by atoms with E-state index in [1.807, 2.05) is 13.8 Å². The fourth-order valence-electron chi connectivity index (χ4n) is 14.4. The minimum atomic E-state index is -2.86. The fourth-order valence-corrected chi connectivity index (χ4v) is 15.7. The van der Waals surface area contributed by atoms with Gasteiger partial charge >= 0.3 is 11.9 Å². The van der Waals surface area contributed by atoms with Gasteiger partial charge < -0.3 is 20.1 Å². The van der Waals surface area contributed by atoms with E-state index in [-0.39, 0.29) is 52.1 Å². The van der Waals surface area contributed by atoms with Gasteiger partial charge in [0.15, 0.2) is 9.84 Å². The third kappa shape index (κ3) is 6.87. The van der Waals surface area contributed by atoms with E-state index in [9.17, 15) is 23.1 Å². The molecule has 6 aliphatic rings. The number of carboxylic acids is 1. The van der Waals surface area contributed by atoms with Crippen molar-refractivity contribution in [3.63, 3.8) is 0 Å². The van der Waals surface area contributed by atoms with Crippen LogP contribution >= 0.6 is 0 Å². The van der Waals surface area contributed by atoms with Crippen LogP contribution in [0.1, 0.15) is 139 Å². The highest BCUT2D eigenvalue weighted by Crippen LogP contribution is 2.76. The molecule has 292 valence electrons. The number of nitrogens with zero attached hydrogens (tertiary/aromatic N) is 1. The molecule has 1 saturated heterocycles. The Morgan fingerprint density at radius 1 is 0.863 bits per heavy atom. The molecule has 5 saturated carbocycles. The Morgan fingerprint density at radius 2 is 1.55 bits per heavy atom. The number of rotatable bonds is 10.